The fraction of sp³-hybridized carbons (Fsp3) is 0.308. The fourth-order valence-corrected chi connectivity index (χ4v) is 3.28. The molecule has 1 aromatic carbocycles. The number of carbonyl (C=O) groups excluding carboxylic acids is 1. The SMILES string of the molecule is Cc1nnc(NS(=O)(=O)c2ccc3c(c2)CCCC3=O)o1. The Morgan fingerprint density at radius 3 is 2.76 bits per heavy atom. The zero-order valence-electron chi connectivity index (χ0n) is 11.3. The molecule has 3 rings (SSSR count). The van der Waals surface area contributed by atoms with Crippen molar-refractivity contribution in [2.24, 2.45) is 0 Å². The second kappa shape index (κ2) is 4.96. The van der Waals surface area contributed by atoms with E-state index in [1.807, 2.05) is 0 Å². The molecule has 110 valence electrons. The summed E-state index contributed by atoms with van der Waals surface area (Å²) < 4.78 is 31.7. The first-order chi connectivity index (χ1) is 9.95. The van der Waals surface area contributed by atoms with E-state index in [4.69, 9.17) is 4.42 Å². The third-order valence-electron chi connectivity index (χ3n) is 3.29. The van der Waals surface area contributed by atoms with Crippen molar-refractivity contribution in [3.63, 3.8) is 0 Å². The zero-order chi connectivity index (χ0) is 15.0. The highest BCUT2D eigenvalue weighted by Gasteiger charge is 2.22. The van der Waals surface area contributed by atoms with Crippen LogP contribution in [0.1, 0.15) is 34.7 Å². The number of ketones is 1. The smallest absolute Gasteiger partial charge is 0.329 e. The number of hydrogen-bond donors (Lipinski definition) is 1. The highest BCUT2D eigenvalue weighted by Crippen LogP contribution is 2.25. The van der Waals surface area contributed by atoms with Gasteiger partial charge in [-0.05, 0) is 36.6 Å². The molecule has 0 saturated heterocycles. The predicted molar refractivity (Wildman–Crippen MR) is 73.6 cm³/mol. The van der Waals surface area contributed by atoms with Gasteiger partial charge in [0.15, 0.2) is 5.78 Å². The van der Waals surface area contributed by atoms with E-state index in [0.29, 0.717) is 18.4 Å². The molecule has 0 atom stereocenters. The second-order valence-electron chi connectivity index (χ2n) is 4.83. The lowest BCUT2D eigenvalue weighted by molar-refractivity contribution is 0.0972. The standard InChI is InChI=1S/C13H13N3O4S/c1-8-14-15-13(20-8)16-21(18,19)10-5-6-11-9(7-10)3-2-4-12(11)17/h5-7H,2-4H2,1H3,(H,15,16). The summed E-state index contributed by atoms with van der Waals surface area (Å²) in [5.74, 6) is 0.324. The molecule has 0 aliphatic heterocycles. The summed E-state index contributed by atoms with van der Waals surface area (Å²) >= 11 is 0. The van der Waals surface area contributed by atoms with Crippen LogP contribution in [0.2, 0.25) is 0 Å². The van der Waals surface area contributed by atoms with E-state index in [0.717, 1.165) is 12.0 Å². The Bertz CT molecular complexity index is 811. The van der Waals surface area contributed by atoms with Gasteiger partial charge in [0.1, 0.15) is 0 Å². The number of aromatic nitrogens is 2. The molecule has 21 heavy (non-hydrogen) atoms. The number of aryl methyl sites for hydroxylation is 2. The monoisotopic (exact) mass is 307 g/mol. The first-order valence-electron chi connectivity index (χ1n) is 6.45. The Morgan fingerprint density at radius 1 is 1.24 bits per heavy atom. The van der Waals surface area contributed by atoms with Gasteiger partial charge in [0.2, 0.25) is 5.89 Å². The van der Waals surface area contributed by atoms with E-state index < -0.39 is 10.0 Å². The van der Waals surface area contributed by atoms with Crippen LogP contribution in [0.3, 0.4) is 0 Å². The Kier molecular flexibility index (Phi) is 3.25. The van der Waals surface area contributed by atoms with Gasteiger partial charge in [0.25, 0.3) is 10.0 Å². The number of fused-ring (bicyclic) bond motifs is 1. The van der Waals surface area contributed by atoms with E-state index in [1.54, 1.807) is 13.0 Å². The van der Waals surface area contributed by atoms with E-state index in [2.05, 4.69) is 14.9 Å². The summed E-state index contributed by atoms with van der Waals surface area (Å²) in [6.45, 7) is 1.56. The number of carbonyl (C=O) groups is 1. The number of nitrogens with one attached hydrogen (secondary N) is 1. The minimum Gasteiger partial charge on any atom is -0.408 e. The summed E-state index contributed by atoms with van der Waals surface area (Å²) in [7, 11) is -3.81. The largest absolute Gasteiger partial charge is 0.408 e. The van der Waals surface area contributed by atoms with Crippen LogP contribution < -0.4 is 4.72 Å². The Hall–Kier alpha value is -2.22. The number of nitrogens with zero attached hydrogens (tertiary/aromatic N) is 2. The van der Waals surface area contributed by atoms with E-state index in [9.17, 15) is 13.2 Å². The van der Waals surface area contributed by atoms with Gasteiger partial charge in [-0.2, -0.15) is 0 Å². The first-order valence-corrected chi connectivity index (χ1v) is 7.93. The number of hydrogen-bond acceptors (Lipinski definition) is 6. The molecular weight excluding hydrogens is 294 g/mol. The average molecular weight is 307 g/mol. The van der Waals surface area contributed by atoms with Crippen molar-refractivity contribution in [1.82, 2.24) is 10.2 Å². The van der Waals surface area contributed by atoms with Crippen LogP contribution in [-0.4, -0.2) is 24.4 Å². The van der Waals surface area contributed by atoms with Crippen LogP contribution in [0.5, 0.6) is 0 Å². The molecule has 0 radical (unpaired) electrons. The quantitative estimate of drug-likeness (QED) is 0.926. The van der Waals surface area contributed by atoms with Crippen molar-refractivity contribution in [3.8, 4) is 0 Å². The molecule has 1 aromatic heterocycles. The van der Waals surface area contributed by atoms with E-state index >= 15 is 0 Å². The molecule has 1 aliphatic carbocycles. The molecule has 0 saturated carbocycles. The Labute approximate surface area is 121 Å². The number of rotatable bonds is 3. The molecule has 7 nitrogen and oxygen atoms in total. The fourth-order valence-electron chi connectivity index (χ4n) is 2.30. The van der Waals surface area contributed by atoms with Crippen molar-refractivity contribution in [2.75, 3.05) is 4.72 Å². The summed E-state index contributed by atoms with van der Waals surface area (Å²) in [4.78, 5) is 11.8. The van der Waals surface area contributed by atoms with Crippen LogP contribution >= 0.6 is 0 Å². The van der Waals surface area contributed by atoms with Crippen LogP contribution in [0.15, 0.2) is 27.5 Å². The lowest BCUT2D eigenvalue weighted by Gasteiger charge is -2.15. The summed E-state index contributed by atoms with van der Waals surface area (Å²) in [6.07, 6.45) is 1.95. The molecule has 0 amide bonds. The highest BCUT2D eigenvalue weighted by atomic mass is 32.2. The Morgan fingerprint density at radius 2 is 2.05 bits per heavy atom. The lowest BCUT2D eigenvalue weighted by Crippen LogP contribution is -2.16. The number of Topliss-reactive ketones (excluding diaryl/α,β-unsaturated/α-hetero) is 1. The topological polar surface area (TPSA) is 102 Å². The molecule has 0 fully saturated rings. The predicted octanol–water partition coefficient (Wildman–Crippen LogP) is 1.70. The molecule has 0 unspecified atom stereocenters. The number of sulfonamides is 1. The summed E-state index contributed by atoms with van der Waals surface area (Å²) in [6, 6.07) is 4.32. The zero-order valence-corrected chi connectivity index (χ0v) is 12.1. The van der Waals surface area contributed by atoms with Crippen molar-refractivity contribution >= 4 is 21.8 Å². The first kappa shape index (κ1) is 13.7. The molecular formula is C13H13N3O4S. The van der Waals surface area contributed by atoms with Crippen molar-refractivity contribution < 1.29 is 17.6 Å². The van der Waals surface area contributed by atoms with Gasteiger partial charge < -0.3 is 4.42 Å². The van der Waals surface area contributed by atoms with Gasteiger partial charge in [-0.15, -0.1) is 5.10 Å². The molecule has 2 aromatic rings. The van der Waals surface area contributed by atoms with Gasteiger partial charge in [0.05, 0.1) is 4.90 Å². The van der Waals surface area contributed by atoms with Crippen LogP contribution in [0.4, 0.5) is 6.01 Å². The maximum absolute atomic E-state index is 12.3. The summed E-state index contributed by atoms with van der Waals surface area (Å²) in [5, 5.41) is 7.15. The van der Waals surface area contributed by atoms with Crippen molar-refractivity contribution in [1.29, 1.82) is 0 Å². The number of benzene rings is 1. The molecule has 0 bridgehead atoms. The second-order valence-corrected chi connectivity index (χ2v) is 6.51. The molecule has 1 N–H and O–H groups in total. The molecule has 8 heteroatoms. The van der Waals surface area contributed by atoms with Crippen LogP contribution in [-0.2, 0) is 16.4 Å². The third-order valence-corrected chi connectivity index (χ3v) is 4.60. The summed E-state index contributed by atoms with van der Waals surface area (Å²) in [5.41, 5.74) is 1.37. The minimum absolute atomic E-state index is 0.0562. The Balaban J connectivity index is 1.94. The lowest BCUT2D eigenvalue weighted by atomic mass is 9.91. The van der Waals surface area contributed by atoms with E-state index in [-0.39, 0.29) is 22.6 Å². The van der Waals surface area contributed by atoms with E-state index in [1.165, 1.54) is 12.1 Å². The van der Waals surface area contributed by atoms with Crippen LogP contribution in [0, 0.1) is 6.92 Å². The minimum atomic E-state index is -3.81. The van der Waals surface area contributed by atoms with Gasteiger partial charge in [-0.3, -0.25) is 4.79 Å². The molecule has 0 spiro atoms. The van der Waals surface area contributed by atoms with Gasteiger partial charge in [-0.25, -0.2) is 13.1 Å². The number of anilines is 1. The van der Waals surface area contributed by atoms with Crippen LogP contribution in [0.25, 0.3) is 0 Å². The van der Waals surface area contributed by atoms with Crippen molar-refractivity contribution in [3.05, 3.63) is 35.2 Å². The third kappa shape index (κ3) is 2.66. The van der Waals surface area contributed by atoms with Gasteiger partial charge in [0, 0.05) is 18.9 Å². The van der Waals surface area contributed by atoms with Gasteiger partial charge in [-0.1, -0.05) is 5.10 Å². The normalized spacial score (nSPS) is 14.8. The van der Waals surface area contributed by atoms with Crippen molar-refractivity contribution in [2.45, 2.75) is 31.1 Å². The maximum Gasteiger partial charge on any atom is 0.329 e. The molecule has 1 heterocycles. The average Bonchev–Trinajstić information content (AvgIpc) is 2.83. The highest BCUT2D eigenvalue weighted by molar-refractivity contribution is 7.92. The van der Waals surface area contributed by atoms with Gasteiger partial charge >= 0.3 is 6.01 Å². The molecule has 1 aliphatic rings. The maximum atomic E-state index is 12.3.